The molecule has 0 atom stereocenters. The van der Waals surface area contributed by atoms with Crippen molar-refractivity contribution in [3.05, 3.63) is 58.7 Å². The van der Waals surface area contributed by atoms with Crippen LogP contribution in [0.25, 0.3) is 5.57 Å². The Morgan fingerprint density at radius 1 is 1.00 bits per heavy atom. The average Bonchev–Trinajstić information content (AvgIpc) is 3.08. The third-order valence-corrected chi connectivity index (χ3v) is 3.89. The molecule has 22 heavy (non-hydrogen) atoms. The van der Waals surface area contributed by atoms with Crippen molar-refractivity contribution in [2.75, 3.05) is 33.1 Å². The van der Waals surface area contributed by atoms with E-state index in [-0.39, 0.29) is 11.5 Å². The van der Waals surface area contributed by atoms with Crippen LogP contribution in [0, 0.1) is 0 Å². The maximum atomic E-state index is 12.4. The lowest BCUT2D eigenvalue weighted by atomic mass is 9.83. The van der Waals surface area contributed by atoms with Crippen LogP contribution in [0.4, 0.5) is 5.82 Å². The molecule has 0 bridgehead atoms. The number of aliphatic hydroxyl groups is 1. The van der Waals surface area contributed by atoms with E-state index in [1.54, 1.807) is 0 Å². The molecule has 0 fully saturated rings. The molecule has 1 aromatic heterocycles. The Balaban J connectivity index is 1.98. The summed E-state index contributed by atoms with van der Waals surface area (Å²) in [5, 5.41) is 10.3. The highest BCUT2D eigenvalue weighted by Crippen LogP contribution is 2.39. The van der Waals surface area contributed by atoms with Gasteiger partial charge >= 0.3 is 0 Å². The molecule has 0 aliphatic heterocycles. The van der Waals surface area contributed by atoms with Crippen LogP contribution in [0.2, 0.25) is 0 Å². The number of carbonyl (C=O) groups excluding carboxylic acids is 1. The second-order valence-electron chi connectivity index (χ2n) is 5.83. The summed E-state index contributed by atoms with van der Waals surface area (Å²) in [6, 6.07) is 3.69. The summed E-state index contributed by atoms with van der Waals surface area (Å²) >= 11 is 0. The van der Waals surface area contributed by atoms with Crippen LogP contribution in [0.5, 0.6) is 0 Å². The van der Waals surface area contributed by atoms with Crippen LogP contribution in [-0.2, 0) is 4.79 Å². The molecule has 0 unspecified atom stereocenters. The van der Waals surface area contributed by atoms with Gasteiger partial charge in [-0.2, -0.15) is 0 Å². The number of aromatic nitrogens is 1. The van der Waals surface area contributed by atoms with Gasteiger partial charge in [0, 0.05) is 33.9 Å². The van der Waals surface area contributed by atoms with Crippen molar-refractivity contribution in [2.24, 2.45) is 0 Å². The highest BCUT2D eigenvalue weighted by Gasteiger charge is 2.37. The Hall–Kier alpha value is -2.69. The predicted molar refractivity (Wildman–Crippen MR) is 87.6 cm³/mol. The third-order valence-electron chi connectivity index (χ3n) is 3.89. The number of anilines is 1. The number of hydrogen-bond acceptors (Lipinski definition) is 4. The lowest BCUT2D eigenvalue weighted by molar-refractivity contribution is -0.111. The van der Waals surface area contributed by atoms with Crippen LogP contribution in [0.15, 0.2) is 53.0 Å². The Morgan fingerprint density at radius 3 is 2.23 bits per heavy atom. The standard InChI is InChI=1S/C17H19N3O2/c1-19(2)11-6-5-10(9-11)14-16(21)15(17(14)22)12-7-8-13(18-12)20(3)4/h5-9,18,21H,1-4H3. The van der Waals surface area contributed by atoms with Crippen LogP contribution in [-0.4, -0.2) is 49.0 Å². The first-order chi connectivity index (χ1) is 10.4. The molecule has 114 valence electrons. The molecule has 5 heteroatoms. The number of likely N-dealkylation sites (N-methyl/N-ethyl adjacent to an activating group) is 1. The van der Waals surface area contributed by atoms with Gasteiger partial charge in [-0.1, -0.05) is 6.08 Å². The van der Waals surface area contributed by atoms with Crippen molar-refractivity contribution < 1.29 is 9.90 Å². The van der Waals surface area contributed by atoms with E-state index < -0.39 is 0 Å². The van der Waals surface area contributed by atoms with Gasteiger partial charge in [-0.25, -0.2) is 0 Å². The molecule has 0 amide bonds. The van der Waals surface area contributed by atoms with E-state index >= 15 is 0 Å². The number of Topliss-reactive ketones (excluding diaryl/α,β-unsaturated/α-hetero) is 1. The molecule has 0 saturated heterocycles. The van der Waals surface area contributed by atoms with E-state index in [4.69, 9.17) is 0 Å². The molecule has 0 spiro atoms. The van der Waals surface area contributed by atoms with E-state index in [2.05, 4.69) is 4.98 Å². The van der Waals surface area contributed by atoms with Gasteiger partial charge in [0.05, 0.1) is 16.8 Å². The average molecular weight is 297 g/mol. The number of aromatic amines is 1. The Kier molecular flexibility index (Phi) is 3.20. The fourth-order valence-electron chi connectivity index (χ4n) is 2.57. The monoisotopic (exact) mass is 297 g/mol. The van der Waals surface area contributed by atoms with Crippen LogP contribution in [0.1, 0.15) is 5.69 Å². The van der Waals surface area contributed by atoms with Crippen molar-refractivity contribution in [3.8, 4) is 0 Å². The van der Waals surface area contributed by atoms with Gasteiger partial charge in [-0.3, -0.25) is 4.79 Å². The second kappa shape index (κ2) is 4.94. The Morgan fingerprint density at radius 2 is 1.73 bits per heavy atom. The quantitative estimate of drug-likeness (QED) is 0.840. The van der Waals surface area contributed by atoms with Crippen LogP contribution < -0.4 is 4.90 Å². The molecule has 2 aliphatic carbocycles. The molecule has 1 heterocycles. The highest BCUT2D eigenvalue weighted by molar-refractivity contribution is 6.39. The van der Waals surface area contributed by atoms with E-state index in [1.807, 2.05) is 68.4 Å². The predicted octanol–water partition coefficient (Wildman–Crippen LogP) is 2.24. The first-order valence-corrected chi connectivity index (χ1v) is 7.06. The molecule has 0 saturated carbocycles. The topological polar surface area (TPSA) is 59.6 Å². The van der Waals surface area contributed by atoms with E-state index in [0.29, 0.717) is 16.8 Å². The molecular formula is C17H19N3O2. The number of nitrogens with zero attached hydrogens (tertiary/aromatic N) is 2. The number of H-pyrrole nitrogens is 1. The van der Waals surface area contributed by atoms with Gasteiger partial charge in [0.15, 0.2) is 0 Å². The maximum absolute atomic E-state index is 12.4. The molecule has 2 aliphatic rings. The molecule has 2 N–H and O–H groups in total. The summed E-state index contributed by atoms with van der Waals surface area (Å²) in [6.45, 7) is 0. The summed E-state index contributed by atoms with van der Waals surface area (Å²) in [4.78, 5) is 19.4. The zero-order valence-electron chi connectivity index (χ0n) is 13.1. The first-order valence-electron chi connectivity index (χ1n) is 7.06. The smallest absolute Gasteiger partial charge is 0.203 e. The van der Waals surface area contributed by atoms with Gasteiger partial charge in [-0.05, 0) is 29.9 Å². The number of aliphatic hydroxyl groups excluding tert-OH is 1. The highest BCUT2D eigenvalue weighted by atomic mass is 16.3. The molecule has 5 nitrogen and oxygen atoms in total. The Labute approximate surface area is 129 Å². The molecule has 1 aromatic rings. The third kappa shape index (κ3) is 2.06. The van der Waals surface area contributed by atoms with E-state index in [1.165, 1.54) is 0 Å². The molecule has 0 aromatic carbocycles. The lowest BCUT2D eigenvalue weighted by Crippen LogP contribution is -2.22. The van der Waals surface area contributed by atoms with Crippen molar-refractivity contribution in [1.82, 2.24) is 9.88 Å². The fraction of sp³-hybridized carbons (Fsp3) is 0.235. The fourth-order valence-corrected chi connectivity index (χ4v) is 2.57. The number of rotatable bonds is 3. The first kappa shape index (κ1) is 14.3. The zero-order chi connectivity index (χ0) is 16.0. The maximum Gasteiger partial charge on any atom is 0.203 e. The van der Waals surface area contributed by atoms with E-state index in [0.717, 1.165) is 17.1 Å². The number of ketones is 1. The summed E-state index contributed by atoms with van der Waals surface area (Å²) < 4.78 is 0. The number of nitrogens with one attached hydrogen (secondary N) is 1. The van der Waals surface area contributed by atoms with Gasteiger partial charge in [-0.15, -0.1) is 0 Å². The minimum absolute atomic E-state index is 0.0630. The van der Waals surface area contributed by atoms with Crippen molar-refractivity contribution in [2.45, 2.75) is 0 Å². The lowest BCUT2D eigenvalue weighted by Gasteiger charge is -2.22. The molecular weight excluding hydrogens is 278 g/mol. The van der Waals surface area contributed by atoms with Crippen molar-refractivity contribution in [1.29, 1.82) is 0 Å². The van der Waals surface area contributed by atoms with Crippen LogP contribution in [0.3, 0.4) is 0 Å². The van der Waals surface area contributed by atoms with Gasteiger partial charge in [0.2, 0.25) is 5.78 Å². The minimum Gasteiger partial charge on any atom is -0.506 e. The van der Waals surface area contributed by atoms with E-state index in [9.17, 15) is 9.90 Å². The van der Waals surface area contributed by atoms with Gasteiger partial charge in [0.1, 0.15) is 11.6 Å². The summed E-state index contributed by atoms with van der Waals surface area (Å²) in [7, 11) is 7.71. The van der Waals surface area contributed by atoms with Crippen molar-refractivity contribution in [3.63, 3.8) is 0 Å². The Bertz CT molecular complexity index is 774. The van der Waals surface area contributed by atoms with Gasteiger partial charge in [0.25, 0.3) is 0 Å². The zero-order valence-corrected chi connectivity index (χ0v) is 13.1. The number of hydrogen-bond donors (Lipinski definition) is 2. The molecule has 0 radical (unpaired) electrons. The number of allylic oxidation sites excluding steroid dienone is 6. The summed E-state index contributed by atoms with van der Waals surface area (Å²) in [6.07, 6.45) is 5.69. The largest absolute Gasteiger partial charge is 0.506 e. The van der Waals surface area contributed by atoms with Crippen molar-refractivity contribution >= 4 is 17.2 Å². The summed E-state index contributed by atoms with van der Waals surface area (Å²) in [5.41, 5.74) is 3.16. The number of carbonyl (C=O) groups is 1. The minimum atomic E-state index is -0.124. The summed E-state index contributed by atoms with van der Waals surface area (Å²) in [5.74, 6) is 0.827. The molecule has 3 rings (SSSR count). The SMILES string of the molecule is CN(C)C1=CC(=C2C(=O)C(c3ccc(N(C)C)[nH]3)=C2O)C=C1. The van der Waals surface area contributed by atoms with Gasteiger partial charge < -0.3 is 19.9 Å². The van der Waals surface area contributed by atoms with Crippen LogP contribution >= 0.6 is 0 Å². The normalized spacial score (nSPS) is 20.4. The second-order valence-corrected chi connectivity index (χ2v) is 5.83.